The van der Waals surface area contributed by atoms with Gasteiger partial charge in [-0.1, -0.05) is 35.9 Å². The molecule has 0 unspecified atom stereocenters. The summed E-state index contributed by atoms with van der Waals surface area (Å²) in [5, 5.41) is 13.5. The van der Waals surface area contributed by atoms with Crippen molar-refractivity contribution in [1.29, 1.82) is 0 Å². The number of aryl methyl sites for hydroxylation is 1. The van der Waals surface area contributed by atoms with Gasteiger partial charge in [-0.2, -0.15) is 5.10 Å². The van der Waals surface area contributed by atoms with Crippen LogP contribution >= 0.6 is 11.6 Å². The van der Waals surface area contributed by atoms with Crippen LogP contribution in [0.2, 0.25) is 5.02 Å². The summed E-state index contributed by atoms with van der Waals surface area (Å²) in [5.41, 5.74) is 1.49. The second-order valence-electron chi connectivity index (χ2n) is 8.27. The van der Waals surface area contributed by atoms with E-state index in [2.05, 4.69) is 20.7 Å². The summed E-state index contributed by atoms with van der Waals surface area (Å²) in [6.07, 6.45) is 5.89. The highest BCUT2D eigenvalue weighted by Gasteiger charge is 2.44. The standard InChI is InChI=1S/C25H24ClN5O2/c1-31-10-8-19(30-31)14-28-16-25(9-11-33-23-7-6-18(26)12-21(23)25)24(32)29-22-15-27-13-17-4-2-3-5-20(17)22/h2-8,10,12-13,15,28H,9,11,14,16H2,1H3,(H,29,32)/t25-/m0/s1. The molecule has 1 aliphatic heterocycles. The minimum atomic E-state index is -0.871. The molecule has 0 aliphatic carbocycles. The van der Waals surface area contributed by atoms with Crippen molar-refractivity contribution in [3.05, 3.63) is 83.4 Å². The van der Waals surface area contributed by atoms with Gasteiger partial charge in [0, 0.05) is 60.3 Å². The zero-order valence-corrected chi connectivity index (χ0v) is 19.0. The molecular formula is C25H24ClN5O2. The van der Waals surface area contributed by atoms with Gasteiger partial charge in [-0.05, 0) is 24.3 Å². The molecule has 2 N–H and O–H groups in total. The fourth-order valence-electron chi connectivity index (χ4n) is 4.39. The number of nitrogens with one attached hydrogen (secondary N) is 2. The largest absolute Gasteiger partial charge is 0.493 e. The Labute approximate surface area is 196 Å². The number of anilines is 1. The summed E-state index contributed by atoms with van der Waals surface area (Å²) in [4.78, 5) is 18.3. The van der Waals surface area contributed by atoms with E-state index in [1.54, 1.807) is 23.1 Å². The topological polar surface area (TPSA) is 81.1 Å². The number of fused-ring (bicyclic) bond motifs is 2. The number of nitrogens with zero attached hydrogens (tertiary/aromatic N) is 3. The lowest BCUT2D eigenvalue weighted by Crippen LogP contribution is -2.50. The third-order valence-corrected chi connectivity index (χ3v) is 6.33. The first-order valence-corrected chi connectivity index (χ1v) is 11.2. The molecule has 0 saturated carbocycles. The average Bonchev–Trinajstić information content (AvgIpc) is 3.24. The molecule has 3 heterocycles. The molecule has 2 aromatic carbocycles. The fraction of sp³-hybridized carbons (Fsp3) is 0.240. The van der Waals surface area contributed by atoms with E-state index in [1.165, 1.54) is 0 Å². The molecule has 0 bridgehead atoms. The number of ether oxygens (including phenoxy) is 1. The SMILES string of the molecule is Cn1ccc(CNC[C@@]2(C(=O)Nc3cncc4ccccc34)CCOc3ccc(Cl)cc32)n1. The Bertz CT molecular complexity index is 1320. The molecule has 0 saturated heterocycles. The molecule has 0 fully saturated rings. The van der Waals surface area contributed by atoms with E-state index in [9.17, 15) is 4.79 Å². The number of amides is 1. The summed E-state index contributed by atoms with van der Waals surface area (Å²) in [6.45, 7) is 1.38. The number of carbonyl (C=O) groups is 1. The molecule has 1 amide bonds. The van der Waals surface area contributed by atoms with Crippen LogP contribution in [0.3, 0.4) is 0 Å². The average molecular weight is 462 g/mol. The van der Waals surface area contributed by atoms with E-state index >= 15 is 0 Å². The van der Waals surface area contributed by atoms with Gasteiger partial charge in [-0.25, -0.2) is 0 Å². The molecule has 2 aromatic heterocycles. The van der Waals surface area contributed by atoms with E-state index in [-0.39, 0.29) is 5.91 Å². The van der Waals surface area contributed by atoms with Crippen LogP contribution in [0.1, 0.15) is 17.7 Å². The Hall–Kier alpha value is -3.42. The van der Waals surface area contributed by atoms with Gasteiger partial charge in [-0.3, -0.25) is 14.5 Å². The smallest absolute Gasteiger partial charge is 0.236 e. The Morgan fingerprint density at radius 2 is 2.09 bits per heavy atom. The first-order chi connectivity index (χ1) is 16.0. The maximum Gasteiger partial charge on any atom is 0.236 e. The van der Waals surface area contributed by atoms with Crippen molar-refractivity contribution in [2.45, 2.75) is 18.4 Å². The zero-order valence-electron chi connectivity index (χ0n) is 18.2. The van der Waals surface area contributed by atoms with Gasteiger partial charge < -0.3 is 15.4 Å². The first-order valence-electron chi connectivity index (χ1n) is 10.8. The van der Waals surface area contributed by atoms with E-state index in [4.69, 9.17) is 16.3 Å². The second kappa shape index (κ2) is 8.84. The monoisotopic (exact) mass is 461 g/mol. The Kier molecular flexibility index (Phi) is 5.74. The lowest BCUT2D eigenvalue weighted by Gasteiger charge is -2.38. The molecule has 0 spiro atoms. The third-order valence-electron chi connectivity index (χ3n) is 6.10. The predicted molar refractivity (Wildman–Crippen MR) is 129 cm³/mol. The Balaban J connectivity index is 1.50. The molecule has 5 rings (SSSR count). The molecule has 8 heteroatoms. The highest BCUT2D eigenvalue weighted by Crippen LogP contribution is 2.41. The van der Waals surface area contributed by atoms with Crippen LogP contribution in [0, 0.1) is 0 Å². The quantitative estimate of drug-likeness (QED) is 0.452. The third kappa shape index (κ3) is 4.17. The summed E-state index contributed by atoms with van der Waals surface area (Å²) < 4.78 is 7.64. The lowest BCUT2D eigenvalue weighted by atomic mass is 9.74. The van der Waals surface area contributed by atoms with Crippen LogP contribution in [-0.2, 0) is 23.8 Å². The van der Waals surface area contributed by atoms with Crippen LogP contribution in [-0.4, -0.2) is 33.8 Å². The van der Waals surface area contributed by atoms with Gasteiger partial charge in [-0.15, -0.1) is 0 Å². The van der Waals surface area contributed by atoms with E-state index < -0.39 is 5.41 Å². The van der Waals surface area contributed by atoms with Crippen molar-refractivity contribution in [2.75, 3.05) is 18.5 Å². The number of rotatable bonds is 6. The number of hydrogen-bond donors (Lipinski definition) is 2. The molecule has 168 valence electrons. The number of aromatic nitrogens is 3. The highest BCUT2D eigenvalue weighted by molar-refractivity contribution is 6.30. The van der Waals surface area contributed by atoms with Gasteiger partial charge in [0.15, 0.2) is 0 Å². The minimum absolute atomic E-state index is 0.124. The van der Waals surface area contributed by atoms with Crippen molar-refractivity contribution in [3.63, 3.8) is 0 Å². The summed E-state index contributed by atoms with van der Waals surface area (Å²) in [7, 11) is 1.88. The number of pyridine rings is 1. The van der Waals surface area contributed by atoms with Crippen molar-refractivity contribution in [1.82, 2.24) is 20.1 Å². The summed E-state index contributed by atoms with van der Waals surface area (Å²) >= 11 is 6.35. The normalized spacial score (nSPS) is 17.4. The molecule has 1 aliphatic rings. The lowest BCUT2D eigenvalue weighted by molar-refractivity contribution is -0.122. The molecule has 4 aromatic rings. The maximum absolute atomic E-state index is 14.0. The first kappa shape index (κ1) is 21.4. The van der Waals surface area contributed by atoms with E-state index in [0.29, 0.717) is 42.6 Å². The number of benzene rings is 2. The van der Waals surface area contributed by atoms with Crippen LogP contribution in [0.25, 0.3) is 10.8 Å². The summed E-state index contributed by atoms with van der Waals surface area (Å²) in [6, 6.07) is 15.3. The number of hydrogen-bond acceptors (Lipinski definition) is 5. The van der Waals surface area contributed by atoms with Crippen molar-refractivity contribution in [3.8, 4) is 5.75 Å². The zero-order chi connectivity index (χ0) is 22.8. The van der Waals surface area contributed by atoms with Crippen molar-refractivity contribution < 1.29 is 9.53 Å². The number of halogens is 1. The van der Waals surface area contributed by atoms with Gasteiger partial charge in [0.25, 0.3) is 0 Å². The highest BCUT2D eigenvalue weighted by atomic mass is 35.5. The van der Waals surface area contributed by atoms with Gasteiger partial charge >= 0.3 is 0 Å². The molecule has 33 heavy (non-hydrogen) atoms. The maximum atomic E-state index is 14.0. The predicted octanol–water partition coefficient (Wildman–Crippen LogP) is 4.07. The van der Waals surface area contributed by atoms with Gasteiger partial charge in [0.1, 0.15) is 5.75 Å². The van der Waals surface area contributed by atoms with Gasteiger partial charge in [0.2, 0.25) is 5.91 Å². The molecule has 0 radical (unpaired) electrons. The van der Waals surface area contributed by atoms with Crippen LogP contribution in [0.4, 0.5) is 5.69 Å². The van der Waals surface area contributed by atoms with Crippen LogP contribution < -0.4 is 15.4 Å². The van der Waals surface area contributed by atoms with E-state index in [0.717, 1.165) is 22.0 Å². The second-order valence-corrected chi connectivity index (χ2v) is 8.70. The summed E-state index contributed by atoms with van der Waals surface area (Å²) in [5.74, 6) is 0.553. The molecular weight excluding hydrogens is 438 g/mol. The Morgan fingerprint density at radius 3 is 2.94 bits per heavy atom. The minimum Gasteiger partial charge on any atom is -0.493 e. The fourth-order valence-corrected chi connectivity index (χ4v) is 4.56. The molecule has 7 nitrogen and oxygen atoms in total. The molecule has 1 atom stereocenters. The van der Waals surface area contributed by atoms with Gasteiger partial charge in [0.05, 0.1) is 29.6 Å². The van der Waals surface area contributed by atoms with Crippen molar-refractivity contribution in [2.24, 2.45) is 7.05 Å². The van der Waals surface area contributed by atoms with E-state index in [1.807, 2.05) is 55.7 Å². The van der Waals surface area contributed by atoms with Crippen LogP contribution in [0.5, 0.6) is 5.75 Å². The Morgan fingerprint density at radius 1 is 1.21 bits per heavy atom. The van der Waals surface area contributed by atoms with Crippen LogP contribution in [0.15, 0.2) is 67.1 Å². The van der Waals surface area contributed by atoms with Crippen molar-refractivity contribution >= 4 is 34.0 Å². The number of carbonyl (C=O) groups excluding carboxylic acids is 1.